The fraction of sp³-hybridized carbons (Fsp3) is 0.143. The van der Waals surface area contributed by atoms with Crippen LogP contribution in [0.15, 0.2) is 41.7 Å². The van der Waals surface area contributed by atoms with Crippen LogP contribution < -0.4 is 0 Å². The molecule has 0 spiro atoms. The number of pyridine rings is 2. The van der Waals surface area contributed by atoms with Gasteiger partial charge in [-0.1, -0.05) is 0 Å². The molecule has 108 valence electrons. The molecule has 0 aliphatic rings. The lowest BCUT2D eigenvalue weighted by Gasteiger charge is -2.03. The minimum Gasteiger partial charge on any atom is -0.478 e. The van der Waals surface area contributed by atoms with Crippen molar-refractivity contribution in [2.24, 2.45) is 0 Å². The van der Waals surface area contributed by atoms with Gasteiger partial charge in [0.15, 0.2) is 0 Å². The number of esters is 1. The zero-order valence-electron chi connectivity index (χ0n) is 11.1. The summed E-state index contributed by atoms with van der Waals surface area (Å²) in [6, 6.07) is 6.54. The molecule has 0 aliphatic heterocycles. The number of ether oxygens (including phenoxy) is 1. The molecule has 1 N–H and O–H groups in total. The zero-order chi connectivity index (χ0) is 15.2. The van der Waals surface area contributed by atoms with Gasteiger partial charge in [-0.3, -0.25) is 4.98 Å². The molecule has 0 unspecified atom stereocenters. The molecule has 0 saturated heterocycles. The molecule has 0 bridgehead atoms. The Balaban J connectivity index is 1.96. The van der Waals surface area contributed by atoms with Gasteiger partial charge < -0.3 is 9.84 Å². The molecule has 0 atom stereocenters. The lowest BCUT2D eigenvalue weighted by Crippen LogP contribution is -2.02. The average molecular weight is 304 g/mol. The van der Waals surface area contributed by atoms with Crippen molar-refractivity contribution in [1.29, 1.82) is 0 Å². The Kier molecular flexibility index (Phi) is 4.89. The third kappa shape index (κ3) is 4.03. The van der Waals surface area contributed by atoms with Crippen LogP contribution in [-0.2, 0) is 10.5 Å². The number of carboxylic acids is 1. The Labute approximate surface area is 125 Å². The van der Waals surface area contributed by atoms with E-state index in [9.17, 15) is 9.59 Å². The highest BCUT2D eigenvalue weighted by Gasteiger charge is 2.07. The number of nitrogens with zero attached hydrogens (tertiary/aromatic N) is 2. The van der Waals surface area contributed by atoms with Crippen LogP contribution in [0, 0.1) is 0 Å². The largest absolute Gasteiger partial charge is 0.478 e. The highest BCUT2D eigenvalue weighted by atomic mass is 32.2. The number of aromatic nitrogens is 2. The van der Waals surface area contributed by atoms with Crippen molar-refractivity contribution in [1.82, 2.24) is 9.97 Å². The van der Waals surface area contributed by atoms with Gasteiger partial charge in [0, 0.05) is 18.1 Å². The first-order valence-electron chi connectivity index (χ1n) is 5.95. The van der Waals surface area contributed by atoms with Crippen LogP contribution in [0.1, 0.15) is 26.4 Å². The summed E-state index contributed by atoms with van der Waals surface area (Å²) in [6.07, 6.45) is 2.78. The molecule has 0 saturated carbocycles. The molecule has 0 amide bonds. The molecule has 0 fully saturated rings. The van der Waals surface area contributed by atoms with Crippen molar-refractivity contribution in [3.63, 3.8) is 0 Å². The van der Waals surface area contributed by atoms with E-state index in [0.29, 0.717) is 16.3 Å². The van der Waals surface area contributed by atoms with Gasteiger partial charge in [0.2, 0.25) is 0 Å². The second-order valence-corrected chi connectivity index (χ2v) is 5.00. The Morgan fingerprint density at radius 3 is 2.38 bits per heavy atom. The number of aromatic carboxylic acids is 1. The normalized spacial score (nSPS) is 10.1. The fourth-order valence-electron chi connectivity index (χ4n) is 1.49. The number of carbonyl (C=O) groups is 2. The van der Waals surface area contributed by atoms with E-state index in [1.807, 2.05) is 0 Å². The van der Waals surface area contributed by atoms with Crippen molar-refractivity contribution in [2.45, 2.75) is 10.8 Å². The Morgan fingerprint density at radius 1 is 1.14 bits per heavy atom. The van der Waals surface area contributed by atoms with E-state index in [1.165, 1.54) is 37.3 Å². The molecular weight excluding hydrogens is 292 g/mol. The van der Waals surface area contributed by atoms with E-state index in [2.05, 4.69) is 14.7 Å². The van der Waals surface area contributed by atoms with Crippen molar-refractivity contribution in [3.8, 4) is 0 Å². The van der Waals surface area contributed by atoms with Crippen LogP contribution in [0.2, 0.25) is 0 Å². The maximum Gasteiger partial charge on any atom is 0.339 e. The minimum absolute atomic E-state index is 0.153. The molecule has 21 heavy (non-hydrogen) atoms. The van der Waals surface area contributed by atoms with Crippen molar-refractivity contribution < 1.29 is 19.4 Å². The molecule has 0 radical (unpaired) electrons. The molecule has 6 nitrogen and oxygen atoms in total. The smallest absolute Gasteiger partial charge is 0.339 e. The van der Waals surface area contributed by atoms with E-state index in [1.54, 1.807) is 18.2 Å². The molecule has 2 aromatic heterocycles. The maximum absolute atomic E-state index is 11.3. The lowest BCUT2D eigenvalue weighted by atomic mass is 10.2. The summed E-state index contributed by atoms with van der Waals surface area (Å²) in [6.45, 7) is 0. The van der Waals surface area contributed by atoms with Crippen LogP contribution in [0.3, 0.4) is 0 Å². The van der Waals surface area contributed by atoms with Crippen LogP contribution in [0.4, 0.5) is 0 Å². The molecular formula is C14H12N2O4S. The highest BCUT2D eigenvalue weighted by molar-refractivity contribution is 7.98. The van der Waals surface area contributed by atoms with E-state index < -0.39 is 11.9 Å². The summed E-state index contributed by atoms with van der Waals surface area (Å²) >= 11 is 1.43. The number of rotatable bonds is 5. The fourth-order valence-corrected chi connectivity index (χ4v) is 2.25. The summed E-state index contributed by atoms with van der Waals surface area (Å²) in [5.41, 5.74) is 1.34. The molecule has 0 aliphatic carbocycles. The standard InChI is InChI=1S/C14H12N2O4S/c1-20-14(19)10-2-4-11(15-7-10)8-21-12-5-3-9(6-16-12)13(17)18/h2-7H,8H2,1H3,(H,17,18). The highest BCUT2D eigenvalue weighted by Crippen LogP contribution is 2.20. The van der Waals surface area contributed by atoms with Crippen LogP contribution in [-0.4, -0.2) is 34.1 Å². The number of hydrogen-bond acceptors (Lipinski definition) is 6. The van der Waals surface area contributed by atoms with Crippen molar-refractivity contribution >= 4 is 23.7 Å². The van der Waals surface area contributed by atoms with Gasteiger partial charge >= 0.3 is 11.9 Å². The second kappa shape index (κ2) is 6.85. The predicted molar refractivity (Wildman–Crippen MR) is 76.3 cm³/mol. The predicted octanol–water partition coefficient (Wildman–Crippen LogP) is 2.25. The average Bonchev–Trinajstić information content (AvgIpc) is 2.53. The minimum atomic E-state index is -1.00. The molecule has 2 aromatic rings. The second-order valence-electron chi connectivity index (χ2n) is 4.01. The van der Waals surface area contributed by atoms with Gasteiger partial charge in [0.1, 0.15) is 0 Å². The third-order valence-electron chi connectivity index (χ3n) is 2.60. The Bertz CT molecular complexity index is 641. The quantitative estimate of drug-likeness (QED) is 0.669. The monoisotopic (exact) mass is 304 g/mol. The summed E-state index contributed by atoms with van der Waals surface area (Å²) in [5, 5.41) is 9.49. The molecule has 7 heteroatoms. The van der Waals surface area contributed by atoms with Gasteiger partial charge in [0.05, 0.1) is 29.0 Å². The number of thioether (sulfide) groups is 1. The molecule has 2 heterocycles. The summed E-state index contributed by atoms with van der Waals surface area (Å²) in [4.78, 5) is 30.2. The van der Waals surface area contributed by atoms with Gasteiger partial charge in [-0.15, -0.1) is 11.8 Å². The van der Waals surface area contributed by atoms with E-state index in [-0.39, 0.29) is 5.56 Å². The summed E-state index contributed by atoms with van der Waals surface area (Å²) in [7, 11) is 1.32. The number of carbonyl (C=O) groups excluding carboxylic acids is 1. The summed E-state index contributed by atoms with van der Waals surface area (Å²) in [5.74, 6) is -0.854. The lowest BCUT2D eigenvalue weighted by molar-refractivity contribution is 0.0599. The zero-order valence-corrected chi connectivity index (χ0v) is 12.0. The van der Waals surface area contributed by atoms with Crippen molar-refractivity contribution in [3.05, 3.63) is 53.5 Å². The van der Waals surface area contributed by atoms with Gasteiger partial charge in [-0.05, 0) is 24.3 Å². The molecule has 2 rings (SSSR count). The van der Waals surface area contributed by atoms with Crippen LogP contribution in [0.25, 0.3) is 0 Å². The SMILES string of the molecule is COC(=O)c1ccc(CSc2ccc(C(=O)O)cn2)nc1. The van der Waals surface area contributed by atoms with Crippen molar-refractivity contribution in [2.75, 3.05) is 7.11 Å². The van der Waals surface area contributed by atoms with Crippen LogP contribution >= 0.6 is 11.8 Å². The van der Waals surface area contributed by atoms with Crippen LogP contribution in [0.5, 0.6) is 0 Å². The van der Waals surface area contributed by atoms with Gasteiger partial charge in [-0.2, -0.15) is 0 Å². The first-order valence-corrected chi connectivity index (χ1v) is 6.94. The maximum atomic E-state index is 11.3. The number of hydrogen-bond donors (Lipinski definition) is 1. The molecule has 0 aromatic carbocycles. The Hall–Kier alpha value is -2.41. The van der Waals surface area contributed by atoms with Gasteiger partial charge in [0.25, 0.3) is 0 Å². The van der Waals surface area contributed by atoms with E-state index in [0.717, 1.165) is 5.69 Å². The van der Waals surface area contributed by atoms with E-state index in [4.69, 9.17) is 5.11 Å². The van der Waals surface area contributed by atoms with E-state index >= 15 is 0 Å². The topological polar surface area (TPSA) is 89.4 Å². The summed E-state index contributed by atoms with van der Waals surface area (Å²) < 4.78 is 4.59. The van der Waals surface area contributed by atoms with Gasteiger partial charge in [-0.25, -0.2) is 14.6 Å². The first kappa shape index (κ1) is 15.0. The number of methoxy groups -OCH3 is 1. The Morgan fingerprint density at radius 2 is 1.86 bits per heavy atom. The number of carboxylic acid groups (broad SMARTS) is 1. The third-order valence-corrected chi connectivity index (χ3v) is 3.57. The first-order chi connectivity index (χ1) is 10.1.